The van der Waals surface area contributed by atoms with Gasteiger partial charge in [-0.1, -0.05) is 23.8 Å². The van der Waals surface area contributed by atoms with E-state index in [9.17, 15) is 9.59 Å². The summed E-state index contributed by atoms with van der Waals surface area (Å²) < 4.78 is 5.55. The maximum absolute atomic E-state index is 12.3. The van der Waals surface area contributed by atoms with E-state index in [1.54, 1.807) is 18.4 Å². The molecule has 0 bridgehead atoms. The van der Waals surface area contributed by atoms with E-state index >= 15 is 0 Å². The molecule has 160 valence electrons. The Morgan fingerprint density at radius 3 is 2.61 bits per heavy atom. The van der Waals surface area contributed by atoms with Crippen LogP contribution in [0, 0.1) is 13.8 Å². The Morgan fingerprint density at radius 2 is 1.87 bits per heavy atom. The maximum Gasteiger partial charge on any atom is 0.319 e. The van der Waals surface area contributed by atoms with E-state index in [2.05, 4.69) is 20.9 Å². The van der Waals surface area contributed by atoms with Crippen LogP contribution in [0.5, 0.6) is 0 Å². The third-order valence-corrected chi connectivity index (χ3v) is 5.18. The van der Waals surface area contributed by atoms with E-state index in [1.807, 2.05) is 44.2 Å². The van der Waals surface area contributed by atoms with Gasteiger partial charge in [-0.25, -0.2) is 9.78 Å². The standard InChI is InChI=1S/C24H26N4O3/c1-15-3-6-17(7-4-15)23-27-20(14-31-23)11-12-25-24(30)28-21-13-18(8-5-16(21)2)22(29)26-19-9-10-19/h3-8,13-14,19H,9-12H2,1-2H3,(H,26,29)(H2,25,28,30). The monoisotopic (exact) mass is 418 g/mol. The first-order chi connectivity index (χ1) is 15.0. The van der Waals surface area contributed by atoms with Gasteiger partial charge in [0, 0.05) is 35.8 Å². The Balaban J connectivity index is 1.28. The number of rotatable bonds is 7. The van der Waals surface area contributed by atoms with Gasteiger partial charge in [-0.2, -0.15) is 0 Å². The summed E-state index contributed by atoms with van der Waals surface area (Å²) in [6.07, 6.45) is 4.22. The summed E-state index contributed by atoms with van der Waals surface area (Å²) in [5.74, 6) is 0.456. The number of urea groups is 1. The number of anilines is 1. The van der Waals surface area contributed by atoms with Crippen molar-refractivity contribution in [2.24, 2.45) is 0 Å². The van der Waals surface area contributed by atoms with Gasteiger partial charge in [0.15, 0.2) is 0 Å². The van der Waals surface area contributed by atoms with Crippen LogP contribution in [-0.4, -0.2) is 29.5 Å². The fourth-order valence-electron chi connectivity index (χ4n) is 3.12. The van der Waals surface area contributed by atoms with Crippen LogP contribution in [0.3, 0.4) is 0 Å². The van der Waals surface area contributed by atoms with E-state index in [4.69, 9.17) is 4.42 Å². The molecule has 0 radical (unpaired) electrons. The Labute approximate surface area is 181 Å². The Kier molecular flexibility index (Phi) is 6.02. The first-order valence-corrected chi connectivity index (χ1v) is 10.5. The van der Waals surface area contributed by atoms with Gasteiger partial charge in [0.25, 0.3) is 5.91 Å². The van der Waals surface area contributed by atoms with Crippen molar-refractivity contribution in [2.45, 2.75) is 39.2 Å². The molecule has 3 aromatic rings. The van der Waals surface area contributed by atoms with E-state index in [0.717, 1.165) is 29.7 Å². The van der Waals surface area contributed by atoms with Crippen LogP contribution >= 0.6 is 0 Å². The minimum absolute atomic E-state index is 0.110. The van der Waals surface area contributed by atoms with Crippen LogP contribution in [-0.2, 0) is 6.42 Å². The SMILES string of the molecule is Cc1ccc(-c2nc(CCNC(=O)Nc3cc(C(=O)NC4CC4)ccc3C)co2)cc1. The minimum atomic E-state index is -0.329. The van der Waals surface area contributed by atoms with Gasteiger partial charge in [-0.05, 0) is 56.5 Å². The lowest BCUT2D eigenvalue weighted by atomic mass is 10.1. The third kappa shape index (κ3) is 5.51. The van der Waals surface area contributed by atoms with Crippen molar-refractivity contribution in [1.82, 2.24) is 15.6 Å². The average Bonchev–Trinajstić information content (AvgIpc) is 3.44. The van der Waals surface area contributed by atoms with Crippen LogP contribution in [0.25, 0.3) is 11.5 Å². The zero-order valence-electron chi connectivity index (χ0n) is 17.7. The van der Waals surface area contributed by atoms with E-state index < -0.39 is 0 Å². The topological polar surface area (TPSA) is 96.3 Å². The molecule has 3 N–H and O–H groups in total. The maximum atomic E-state index is 12.3. The normalized spacial score (nSPS) is 13.0. The van der Waals surface area contributed by atoms with Gasteiger partial charge in [0.05, 0.1) is 5.69 Å². The predicted molar refractivity (Wildman–Crippen MR) is 119 cm³/mol. The first kappa shape index (κ1) is 20.7. The van der Waals surface area contributed by atoms with Gasteiger partial charge in [-0.3, -0.25) is 4.79 Å². The van der Waals surface area contributed by atoms with Crippen LogP contribution < -0.4 is 16.0 Å². The largest absolute Gasteiger partial charge is 0.444 e. The number of hydrogen-bond donors (Lipinski definition) is 3. The summed E-state index contributed by atoms with van der Waals surface area (Å²) in [7, 11) is 0. The van der Waals surface area contributed by atoms with Crippen molar-refractivity contribution in [3.05, 3.63) is 71.1 Å². The van der Waals surface area contributed by atoms with E-state index in [0.29, 0.717) is 30.1 Å². The number of nitrogens with one attached hydrogen (secondary N) is 3. The summed E-state index contributed by atoms with van der Waals surface area (Å²) in [6, 6.07) is 13.2. The second kappa shape index (κ2) is 9.04. The van der Waals surface area contributed by atoms with Crippen molar-refractivity contribution < 1.29 is 14.0 Å². The second-order valence-electron chi connectivity index (χ2n) is 7.92. The van der Waals surface area contributed by atoms with Gasteiger partial charge >= 0.3 is 6.03 Å². The van der Waals surface area contributed by atoms with Crippen LogP contribution in [0.1, 0.15) is 40.0 Å². The zero-order valence-corrected chi connectivity index (χ0v) is 17.7. The fraction of sp³-hybridized carbons (Fsp3) is 0.292. The molecule has 4 rings (SSSR count). The van der Waals surface area contributed by atoms with Crippen molar-refractivity contribution in [3.8, 4) is 11.5 Å². The summed E-state index contributed by atoms with van der Waals surface area (Å²) >= 11 is 0. The summed E-state index contributed by atoms with van der Waals surface area (Å²) in [5, 5.41) is 8.60. The summed E-state index contributed by atoms with van der Waals surface area (Å²) in [6.45, 7) is 4.33. The number of carbonyl (C=O) groups excluding carboxylic acids is 2. The molecule has 0 atom stereocenters. The molecule has 1 aromatic heterocycles. The van der Waals surface area contributed by atoms with Crippen molar-refractivity contribution in [3.63, 3.8) is 0 Å². The fourth-order valence-corrected chi connectivity index (χ4v) is 3.12. The average molecular weight is 418 g/mol. The molecule has 1 heterocycles. The lowest BCUT2D eigenvalue weighted by molar-refractivity contribution is 0.0951. The third-order valence-electron chi connectivity index (χ3n) is 5.18. The molecule has 7 nitrogen and oxygen atoms in total. The Hall–Kier alpha value is -3.61. The number of carbonyl (C=O) groups is 2. The molecule has 1 aliphatic carbocycles. The number of aromatic nitrogens is 1. The van der Waals surface area contributed by atoms with Gasteiger partial charge in [-0.15, -0.1) is 0 Å². The molecule has 1 aliphatic rings. The summed E-state index contributed by atoms with van der Waals surface area (Å²) in [5.41, 5.74) is 4.91. The highest BCUT2D eigenvalue weighted by Crippen LogP contribution is 2.22. The smallest absolute Gasteiger partial charge is 0.319 e. The molecule has 1 fully saturated rings. The predicted octanol–water partition coefficient (Wildman–Crippen LogP) is 4.21. The Morgan fingerprint density at radius 1 is 1.10 bits per heavy atom. The highest BCUT2D eigenvalue weighted by atomic mass is 16.3. The van der Waals surface area contributed by atoms with Gasteiger partial charge in [0.1, 0.15) is 6.26 Å². The van der Waals surface area contributed by atoms with Crippen molar-refractivity contribution in [2.75, 3.05) is 11.9 Å². The molecule has 3 amide bonds. The highest BCUT2D eigenvalue weighted by molar-refractivity contribution is 5.97. The summed E-state index contributed by atoms with van der Waals surface area (Å²) in [4.78, 5) is 29.0. The first-order valence-electron chi connectivity index (χ1n) is 10.5. The number of nitrogens with zero attached hydrogens (tertiary/aromatic N) is 1. The minimum Gasteiger partial charge on any atom is -0.444 e. The lowest BCUT2D eigenvalue weighted by Gasteiger charge is -2.11. The molecule has 2 aromatic carbocycles. The number of oxazole rings is 1. The lowest BCUT2D eigenvalue weighted by Crippen LogP contribution is -2.31. The molecule has 0 saturated heterocycles. The van der Waals surface area contributed by atoms with Gasteiger partial charge < -0.3 is 20.4 Å². The highest BCUT2D eigenvalue weighted by Gasteiger charge is 2.24. The van der Waals surface area contributed by atoms with Crippen molar-refractivity contribution >= 4 is 17.6 Å². The Bertz CT molecular complexity index is 1080. The molecule has 0 aliphatic heterocycles. The molecule has 1 saturated carbocycles. The molecule has 31 heavy (non-hydrogen) atoms. The van der Waals surface area contributed by atoms with Crippen LogP contribution in [0.4, 0.5) is 10.5 Å². The molecule has 0 spiro atoms. The van der Waals surface area contributed by atoms with Crippen LogP contribution in [0.15, 0.2) is 53.1 Å². The molecular formula is C24H26N4O3. The number of amides is 3. The number of hydrogen-bond acceptors (Lipinski definition) is 4. The van der Waals surface area contributed by atoms with Crippen molar-refractivity contribution in [1.29, 1.82) is 0 Å². The molecule has 0 unspecified atom stereocenters. The van der Waals surface area contributed by atoms with Crippen LogP contribution in [0.2, 0.25) is 0 Å². The van der Waals surface area contributed by atoms with Gasteiger partial charge in [0.2, 0.25) is 5.89 Å². The number of benzene rings is 2. The number of aryl methyl sites for hydroxylation is 2. The molecule has 7 heteroatoms. The zero-order chi connectivity index (χ0) is 21.8. The van der Waals surface area contributed by atoms with E-state index in [1.165, 1.54) is 5.56 Å². The molecular weight excluding hydrogens is 392 g/mol. The second-order valence-corrected chi connectivity index (χ2v) is 7.92. The quantitative estimate of drug-likeness (QED) is 0.535. The van der Waals surface area contributed by atoms with E-state index in [-0.39, 0.29) is 18.0 Å².